The van der Waals surface area contributed by atoms with Gasteiger partial charge in [0.1, 0.15) is 19.0 Å². The van der Waals surface area contributed by atoms with Crippen molar-refractivity contribution in [3.63, 3.8) is 0 Å². The Labute approximate surface area is 144 Å². The minimum atomic E-state index is -0.384. The van der Waals surface area contributed by atoms with E-state index in [1.807, 2.05) is 0 Å². The van der Waals surface area contributed by atoms with Gasteiger partial charge in [0.05, 0.1) is 0 Å². The molecule has 3 rings (SSSR count). The van der Waals surface area contributed by atoms with Crippen LogP contribution in [-0.2, 0) is 4.79 Å². The zero-order valence-electron chi connectivity index (χ0n) is 13.8. The number of hydrogen-bond donors (Lipinski definition) is 1. The molecule has 1 amide bonds. The van der Waals surface area contributed by atoms with Crippen molar-refractivity contribution in [1.82, 2.24) is 0 Å². The van der Waals surface area contributed by atoms with Gasteiger partial charge in [0, 0.05) is 24.1 Å². The first-order valence-electron chi connectivity index (χ1n) is 8.02. The minimum Gasteiger partial charge on any atom is -0.486 e. The van der Waals surface area contributed by atoms with Crippen molar-refractivity contribution < 1.29 is 23.5 Å². The van der Waals surface area contributed by atoms with E-state index in [-0.39, 0.29) is 30.3 Å². The molecule has 0 aliphatic carbocycles. The number of fused-ring (bicyclic) bond motifs is 1. The molecule has 1 aliphatic heterocycles. The Balaban J connectivity index is 1.56. The number of ketones is 1. The largest absolute Gasteiger partial charge is 0.486 e. The molecule has 1 N–H and O–H groups in total. The monoisotopic (exact) mass is 343 g/mol. The smallest absolute Gasteiger partial charge is 0.224 e. The second kappa shape index (κ2) is 7.34. The lowest BCUT2D eigenvalue weighted by atomic mass is 10.1. The van der Waals surface area contributed by atoms with Crippen LogP contribution in [0.1, 0.15) is 28.8 Å². The normalized spacial score (nSPS) is 12.6. The summed E-state index contributed by atoms with van der Waals surface area (Å²) in [4.78, 5) is 24.2. The number of rotatable bonds is 5. The fourth-order valence-corrected chi connectivity index (χ4v) is 2.48. The van der Waals surface area contributed by atoms with Crippen molar-refractivity contribution in [2.45, 2.75) is 19.8 Å². The summed E-state index contributed by atoms with van der Waals surface area (Å²) in [6.07, 6.45) is 0.0720. The molecule has 130 valence electrons. The summed E-state index contributed by atoms with van der Waals surface area (Å²) in [5.74, 6) is 0.264. The summed E-state index contributed by atoms with van der Waals surface area (Å²) in [6, 6.07) is 9.45. The van der Waals surface area contributed by atoms with Gasteiger partial charge in [-0.2, -0.15) is 0 Å². The van der Waals surface area contributed by atoms with Crippen LogP contribution in [0, 0.1) is 12.7 Å². The van der Waals surface area contributed by atoms with Crippen LogP contribution in [0.2, 0.25) is 0 Å². The van der Waals surface area contributed by atoms with E-state index in [9.17, 15) is 14.0 Å². The molecule has 0 spiro atoms. The van der Waals surface area contributed by atoms with Gasteiger partial charge in [-0.05, 0) is 42.8 Å². The van der Waals surface area contributed by atoms with Crippen LogP contribution < -0.4 is 14.8 Å². The number of halogens is 1. The van der Waals surface area contributed by atoms with Gasteiger partial charge in [0.2, 0.25) is 5.91 Å². The summed E-state index contributed by atoms with van der Waals surface area (Å²) < 4.78 is 24.3. The van der Waals surface area contributed by atoms with E-state index in [4.69, 9.17) is 9.47 Å². The molecular formula is C19H18FNO4. The summed E-state index contributed by atoms with van der Waals surface area (Å²) in [5.41, 5.74) is 1.35. The molecule has 0 saturated heterocycles. The fourth-order valence-electron chi connectivity index (χ4n) is 2.48. The first-order valence-corrected chi connectivity index (χ1v) is 8.02. The van der Waals surface area contributed by atoms with E-state index in [1.165, 1.54) is 6.07 Å². The second-order valence-corrected chi connectivity index (χ2v) is 5.79. The summed E-state index contributed by atoms with van der Waals surface area (Å²) in [6.45, 7) is 2.58. The first-order chi connectivity index (χ1) is 12.0. The highest BCUT2D eigenvalue weighted by atomic mass is 19.1. The lowest BCUT2D eigenvalue weighted by molar-refractivity contribution is -0.116. The van der Waals surface area contributed by atoms with Crippen LogP contribution >= 0.6 is 0 Å². The Hall–Kier alpha value is -2.89. The van der Waals surface area contributed by atoms with E-state index >= 15 is 0 Å². The number of amides is 1. The van der Waals surface area contributed by atoms with Gasteiger partial charge in [-0.15, -0.1) is 0 Å². The van der Waals surface area contributed by atoms with Crippen molar-refractivity contribution in [3.8, 4) is 11.5 Å². The molecule has 5 nitrogen and oxygen atoms in total. The number of Topliss-reactive ketones (excluding diaryl/α,β-unsaturated/α-hetero) is 1. The van der Waals surface area contributed by atoms with Gasteiger partial charge >= 0.3 is 0 Å². The van der Waals surface area contributed by atoms with Gasteiger partial charge < -0.3 is 14.8 Å². The molecule has 0 unspecified atom stereocenters. The van der Waals surface area contributed by atoms with Crippen molar-refractivity contribution in [3.05, 3.63) is 53.3 Å². The molecule has 0 aromatic heterocycles. The number of benzene rings is 2. The molecule has 1 aliphatic rings. The van der Waals surface area contributed by atoms with E-state index in [0.717, 1.165) is 0 Å². The topological polar surface area (TPSA) is 64.6 Å². The Kier molecular flexibility index (Phi) is 4.97. The number of nitrogens with one attached hydrogen (secondary N) is 1. The van der Waals surface area contributed by atoms with E-state index in [2.05, 4.69) is 5.32 Å². The molecule has 0 bridgehead atoms. The third-order valence-corrected chi connectivity index (χ3v) is 3.90. The number of ether oxygens (including phenoxy) is 2. The molecular weight excluding hydrogens is 325 g/mol. The summed E-state index contributed by atoms with van der Waals surface area (Å²) >= 11 is 0. The maximum atomic E-state index is 13.5. The standard InChI is InChI=1S/C19H18FNO4/c1-12-2-4-14(11-15(12)20)21-19(23)7-5-16(22)13-3-6-17-18(10-13)25-9-8-24-17/h2-4,6,10-11H,5,7-9H2,1H3,(H,21,23). The van der Waals surface area contributed by atoms with Gasteiger partial charge in [-0.3, -0.25) is 9.59 Å². The van der Waals surface area contributed by atoms with E-state index in [1.54, 1.807) is 37.3 Å². The van der Waals surface area contributed by atoms with Crippen LogP contribution in [0.5, 0.6) is 11.5 Å². The second-order valence-electron chi connectivity index (χ2n) is 5.79. The maximum Gasteiger partial charge on any atom is 0.224 e. The van der Waals surface area contributed by atoms with E-state index in [0.29, 0.717) is 41.5 Å². The zero-order chi connectivity index (χ0) is 17.8. The zero-order valence-corrected chi connectivity index (χ0v) is 13.8. The Morgan fingerprint density at radius 2 is 1.80 bits per heavy atom. The Morgan fingerprint density at radius 3 is 2.56 bits per heavy atom. The van der Waals surface area contributed by atoms with Crippen LogP contribution in [0.15, 0.2) is 36.4 Å². The third-order valence-electron chi connectivity index (χ3n) is 3.90. The molecule has 0 atom stereocenters. The van der Waals surface area contributed by atoms with Crippen LogP contribution in [0.25, 0.3) is 0 Å². The van der Waals surface area contributed by atoms with Crippen molar-refractivity contribution in [2.75, 3.05) is 18.5 Å². The first kappa shape index (κ1) is 17.0. The highest BCUT2D eigenvalue weighted by Crippen LogP contribution is 2.31. The maximum absolute atomic E-state index is 13.5. The lowest BCUT2D eigenvalue weighted by Crippen LogP contribution is -2.16. The van der Waals surface area contributed by atoms with Crippen LogP contribution in [0.4, 0.5) is 10.1 Å². The van der Waals surface area contributed by atoms with Gasteiger partial charge in [0.15, 0.2) is 17.3 Å². The van der Waals surface area contributed by atoms with Crippen molar-refractivity contribution >= 4 is 17.4 Å². The molecule has 0 fully saturated rings. The highest BCUT2D eigenvalue weighted by molar-refractivity contribution is 6.00. The highest BCUT2D eigenvalue weighted by Gasteiger charge is 2.16. The third kappa shape index (κ3) is 4.15. The van der Waals surface area contributed by atoms with Crippen LogP contribution in [0.3, 0.4) is 0 Å². The molecule has 1 heterocycles. The number of carbonyl (C=O) groups excluding carboxylic acids is 2. The predicted molar refractivity (Wildman–Crippen MR) is 90.8 cm³/mol. The molecule has 2 aromatic rings. The quantitative estimate of drug-likeness (QED) is 0.844. The van der Waals surface area contributed by atoms with Crippen molar-refractivity contribution in [2.24, 2.45) is 0 Å². The molecule has 0 radical (unpaired) electrons. The number of anilines is 1. The van der Waals surface area contributed by atoms with Gasteiger partial charge in [-0.1, -0.05) is 6.07 Å². The average molecular weight is 343 g/mol. The Bertz CT molecular complexity index is 819. The van der Waals surface area contributed by atoms with Gasteiger partial charge in [-0.25, -0.2) is 4.39 Å². The summed E-state index contributed by atoms with van der Waals surface area (Å²) in [5, 5.41) is 2.59. The minimum absolute atomic E-state index is 0.0166. The van der Waals surface area contributed by atoms with Crippen molar-refractivity contribution in [1.29, 1.82) is 0 Å². The number of hydrogen-bond acceptors (Lipinski definition) is 4. The van der Waals surface area contributed by atoms with Gasteiger partial charge in [0.25, 0.3) is 0 Å². The average Bonchev–Trinajstić information content (AvgIpc) is 2.62. The summed E-state index contributed by atoms with van der Waals surface area (Å²) in [7, 11) is 0. The van der Waals surface area contributed by atoms with E-state index < -0.39 is 0 Å². The molecule has 2 aromatic carbocycles. The molecule has 25 heavy (non-hydrogen) atoms. The number of aryl methyl sites for hydroxylation is 1. The fraction of sp³-hybridized carbons (Fsp3) is 0.263. The molecule has 0 saturated carbocycles. The lowest BCUT2D eigenvalue weighted by Gasteiger charge is -2.18. The number of carbonyl (C=O) groups is 2. The SMILES string of the molecule is Cc1ccc(NC(=O)CCC(=O)c2ccc3c(c2)OCCO3)cc1F. The molecule has 6 heteroatoms. The van der Waals surface area contributed by atoms with Crippen LogP contribution in [-0.4, -0.2) is 24.9 Å². The predicted octanol–water partition coefficient (Wildman–Crippen LogP) is 3.51. The Morgan fingerprint density at radius 1 is 1.04 bits per heavy atom.